The van der Waals surface area contributed by atoms with Crippen LogP contribution in [-0.2, 0) is 6.18 Å². The third-order valence-corrected chi connectivity index (χ3v) is 6.78. The smallest absolute Gasteiger partial charge is 0.417 e. The number of rotatable bonds is 1. The number of hydrogen-bond donors (Lipinski definition) is 2. The van der Waals surface area contributed by atoms with Crippen LogP contribution in [0.2, 0.25) is 5.02 Å². The van der Waals surface area contributed by atoms with E-state index in [9.17, 15) is 13.2 Å². The first-order chi connectivity index (χ1) is 16.0. The van der Waals surface area contributed by atoms with Crippen molar-refractivity contribution in [2.24, 2.45) is 0 Å². The first-order valence-corrected chi connectivity index (χ1v) is 11.1. The van der Waals surface area contributed by atoms with Crippen molar-refractivity contribution in [3.05, 3.63) is 34.4 Å². The van der Waals surface area contributed by atoms with Gasteiger partial charge < -0.3 is 20.7 Å². The predicted molar refractivity (Wildman–Crippen MR) is 121 cm³/mol. The number of anilines is 2. The van der Waals surface area contributed by atoms with Gasteiger partial charge in [-0.25, -0.2) is 19.3 Å². The molecule has 0 spiro atoms. The molecule has 2 aliphatic heterocycles. The second kappa shape index (κ2) is 7.81. The summed E-state index contributed by atoms with van der Waals surface area (Å²) in [5.41, 5.74) is 2.65. The largest absolute Gasteiger partial charge is 0.472 e. The number of alkyl halides is 3. The highest BCUT2D eigenvalue weighted by molar-refractivity contribution is 6.38. The highest BCUT2D eigenvalue weighted by Gasteiger charge is 2.42. The van der Waals surface area contributed by atoms with E-state index in [0.29, 0.717) is 24.3 Å². The summed E-state index contributed by atoms with van der Waals surface area (Å²) in [6.45, 7) is 6.38. The molecule has 180 valence electrons. The van der Waals surface area contributed by atoms with Gasteiger partial charge in [0.25, 0.3) is 0 Å². The Morgan fingerprint density at radius 1 is 1.26 bits per heavy atom. The number of pyridine rings is 1. The van der Waals surface area contributed by atoms with Gasteiger partial charge in [-0.05, 0) is 32.4 Å². The quantitative estimate of drug-likeness (QED) is 0.382. The lowest BCUT2D eigenvalue weighted by molar-refractivity contribution is -0.137. The molecule has 0 amide bonds. The Labute approximate surface area is 197 Å². The summed E-state index contributed by atoms with van der Waals surface area (Å²) in [5.74, 6) is -0.749. The summed E-state index contributed by atoms with van der Waals surface area (Å²) >= 11 is 6.58. The summed E-state index contributed by atoms with van der Waals surface area (Å²) in [5, 5.41) is 3.52. The van der Waals surface area contributed by atoms with Gasteiger partial charge in [0.2, 0.25) is 5.88 Å². The molecule has 3 aromatic rings. The van der Waals surface area contributed by atoms with Crippen LogP contribution < -0.4 is 20.7 Å². The number of aryl methyl sites for hydroxylation is 1. The third-order valence-electron chi connectivity index (χ3n) is 6.42. The molecule has 0 saturated carbocycles. The highest BCUT2D eigenvalue weighted by Crippen LogP contribution is 2.48. The molecule has 12 heteroatoms. The van der Waals surface area contributed by atoms with Crippen LogP contribution in [0.3, 0.4) is 0 Å². The second-order valence-corrected chi connectivity index (χ2v) is 8.97. The molecule has 2 aromatic heterocycles. The minimum atomic E-state index is -4.88. The Balaban J connectivity index is 1.85. The van der Waals surface area contributed by atoms with Crippen LogP contribution in [0.25, 0.3) is 22.2 Å². The maximum Gasteiger partial charge on any atom is 0.417 e. The van der Waals surface area contributed by atoms with Crippen LogP contribution >= 0.6 is 11.6 Å². The van der Waals surface area contributed by atoms with E-state index in [1.807, 2.05) is 13.8 Å². The summed E-state index contributed by atoms with van der Waals surface area (Å²) < 4.78 is 63.4. The summed E-state index contributed by atoms with van der Waals surface area (Å²) in [4.78, 5) is 15.1. The second-order valence-electron chi connectivity index (χ2n) is 8.59. The van der Waals surface area contributed by atoms with E-state index in [1.54, 1.807) is 0 Å². The average molecular weight is 497 g/mol. The van der Waals surface area contributed by atoms with Gasteiger partial charge in [0.15, 0.2) is 5.82 Å². The molecule has 5 rings (SSSR count). The van der Waals surface area contributed by atoms with Crippen molar-refractivity contribution >= 4 is 34.0 Å². The predicted octanol–water partition coefficient (Wildman–Crippen LogP) is 4.34. The van der Waals surface area contributed by atoms with Gasteiger partial charge in [0.1, 0.15) is 29.2 Å². The lowest BCUT2D eigenvalue weighted by Gasteiger charge is -2.42. The number of nitrogen functional groups attached to an aromatic ring is 1. The maximum absolute atomic E-state index is 15.2. The molecule has 1 saturated heterocycles. The number of aromatic nitrogens is 3. The summed E-state index contributed by atoms with van der Waals surface area (Å²) in [7, 11) is 0. The van der Waals surface area contributed by atoms with Crippen LogP contribution in [0.15, 0.2) is 12.4 Å². The molecule has 34 heavy (non-hydrogen) atoms. The fraction of sp³-hybridized carbons (Fsp3) is 0.409. The number of piperazine rings is 1. The molecule has 7 nitrogen and oxygen atoms in total. The third kappa shape index (κ3) is 3.32. The molecular formula is C22H21ClF4N6O. The first kappa shape index (κ1) is 22.9. The first-order valence-electron chi connectivity index (χ1n) is 10.7. The average Bonchev–Trinajstić information content (AvgIpc) is 2.88. The minimum Gasteiger partial charge on any atom is -0.472 e. The zero-order valence-corrected chi connectivity index (χ0v) is 19.2. The van der Waals surface area contributed by atoms with Crippen molar-refractivity contribution in [3.63, 3.8) is 0 Å². The van der Waals surface area contributed by atoms with Crippen LogP contribution in [0.4, 0.5) is 29.1 Å². The van der Waals surface area contributed by atoms with Gasteiger partial charge in [0, 0.05) is 19.1 Å². The minimum absolute atomic E-state index is 0.00768. The Bertz CT molecular complexity index is 1320. The molecule has 4 heterocycles. The van der Waals surface area contributed by atoms with Gasteiger partial charge >= 0.3 is 6.18 Å². The number of nitrogens with zero attached hydrogens (tertiary/aromatic N) is 4. The number of benzene rings is 1. The van der Waals surface area contributed by atoms with Crippen LogP contribution in [0, 0.1) is 12.7 Å². The van der Waals surface area contributed by atoms with Crippen molar-refractivity contribution in [2.75, 3.05) is 23.7 Å². The van der Waals surface area contributed by atoms with Gasteiger partial charge in [-0.1, -0.05) is 11.6 Å². The van der Waals surface area contributed by atoms with E-state index in [-0.39, 0.29) is 34.1 Å². The summed E-state index contributed by atoms with van der Waals surface area (Å²) in [6.07, 6.45) is -4.02. The Morgan fingerprint density at radius 3 is 2.71 bits per heavy atom. The lowest BCUT2D eigenvalue weighted by Crippen LogP contribution is -2.61. The monoisotopic (exact) mass is 496 g/mol. The Kier molecular flexibility index (Phi) is 5.25. The van der Waals surface area contributed by atoms with E-state index in [2.05, 4.69) is 25.2 Å². The molecule has 2 aliphatic rings. The fourth-order valence-corrected chi connectivity index (χ4v) is 5.32. The van der Waals surface area contributed by atoms with E-state index >= 15 is 4.39 Å². The maximum atomic E-state index is 15.2. The van der Waals surface area contributed by atoms with Crippen LogP contribution in [0.1, 0.15) is 25.0 Å². The SMILES string of the molecule is Cc1cc(N)c(F)c(-c2nc3c4c(ncnc4c2Cl)N2CCN[C@@H](C)C2C(C)O3)c1C(F)(F)F. The number of hydrogen-bond acceptors (Lipinski definition) is 7. The lowest BCUT2D eigenvalue weighted by atomic mass is 9.96. The zero-order chi connectivity index (χ0) is 24.5. The molecule has 3 N–H and O–H groups in total. The molecule has 0 bridgehead atoms. The van der Waals surface area contributed by atoms with E-state index in [0.717, 1.165) is 6.07 Å². The number of fused-ring (bicyclic) bond motifs is 2. The van der Waals surface area contributed by atoms with Crippen molar-refractivity contribution in [1.82, 2.24) is 20.3 Å². The van der Waals surface area contributed by atoms with Crippen LogP contribution in [0.5, 0.6) is 5.88 Å². The number of nitrogens with one attached hydrogen (secondary N) is 1. The van der Waals surface area contributed by atoms with Crippen molar-refractivity contribution in [3.8, 4) is 17.1 Å². The normalized spacial score (nSPS) is 22.4. The molecular weight excluding hydrogens is 476 g/mol. The van der Waals surface area contributed by atoms with E-state index in [1.165, 1.54) is 13.3 Å². The Hall–Kier alpha value is -2.92. The van der Waals surface area contributed by atoms with Gasteiger partial charge in [0.05, 0.1) is 33.6 Å². The molecule has 1 aromatic carbocycles. The molecule has 2 unspecified atom stereocenters. The molecule has 0 aliphatic carbocycles. The molecule has 1 fully saturated rings. The van der Waals surface area contributed by atoms with Gasteiger partial charge in [-0.3, -0.25) is 0 Å². The highest BCUT2D eigenvalue weighted by atomic mass is 35.5. The van der Waals surface area contributed by atoms with Crippen molar-refractivity contribution in [2.45, 2.75) is 45.1 Å². The van der Waals surface area contributed by atoms with Crippen molar-refractivity contribution < 1.29 is 22.3 Å². The zero-order valence-electron chi connectivity index (χ0n) is 18.5. The number of ether oxygens (including phenoxy) is 1. The van der Waals surface area contributed by atoms with E-state index < -0.39 is 40.6 Å². The van der Waals surface area contributed by atoms with Crippen molar-refractivity contribution in [1.29, 1.82) is 0 Å². The topological polar surface area (TPSA) is 89.2 Å². The number of halogens is 5. The Morgan fingerprint density at radius 2 is 2.00 bits per heavy atom. The fourth-order valence-electron chi connectivity index (χ4n) is 5.04. The number of nitrogens with two attached hydrogens (primary N) is 1. The molecule has 0 radical (unpaired) electrons. The standard InChI is InChI=1S/C22H21ClF4N6O/c1-8-6-11(28)16(24)12(14(8)22(25,26)27)18-15(23)17-13-20(31-7-30-17)33-5-4-29-9(2)19(33)10(3)34-21(13)32-18/h6-7,9-10,19,29H,4-5,28H2,1-3H3/t9-,10?,19?/m0/s1. The van der Waals surface area contributed by atoms with Gasteiger partial charge in [-0.15, -0.1) is 0 Å². The molecule has 3 atom stereocenters. The van der Waals surface area contributed by atoms with Gasteiger partial charge in [-0.2, -0.15) is 13.2 Å². The van der Waals surface area contributed by atoms with E-state index in [4.69, 9.17) is 22.1 Å². The summed E-state index contributed by atoms with van der Waals surface area (Å²) in [6, 6.07) is 0.834. The van der Waals surface area contributed by atoms with Crippen LogP contribution in [-0.4, -0.2) is 46.2 Å².